The Kier molecular flexibility index (Phi) is 3.76. The van der Waals surface area contributed by atoms with Crippen LogP contribution in [0.15, 0.2) is 97.1 Å². The molecule has 5 heteroatoms. The van der Waals surface area contributed by atoms with Gasteiger partial charge in [-0.2, -0.15) is 0 Å². The Balaban J connectivity index is 1.51. The van der Waals surface area contributed by atoms with E-state index < -0.39 is 0 Å². The molecular weight excluding hydrogens is 416 g/mol. The third-order valence-electron chi connectivity index (χ3n) is 6.80. The molecule has 32 heavy (non-hydrogen) atoms. The monoisotopic (exact) mass is 436 g/mol. The molecular formula is C27H21ClN4. The number of rotatable bonds is 2. The normalized spacial score (nSPS) is 21.7. The largest absolute Gasteiger partial charge is 0.361 e. The van der Waals surface area contributed by atoms with E-state index >= 15 is 0 Å². The van der Waals surface area contributed by atoms with Crippen LogP contribution in [0.25, 0.3) is 0 Å². The van der Waals surface area contributed by atoms with Crippen molar-refractivity contribution in [2.24, 2.45) is 0 Å². The second kappa shape index (κ2) is 6.68. The Hall–Kier alpha value is -3.63. The third kappa shape index (κ3) is 2.38. The molecule has 0 saturated carbocycles. The van der Waals surface area contributed by atoms with Crippen LogP contribution in [0.1, 0.15) is 35.2 Å². The maximum absolute atomic E-state index is 6.59. The molecule has 0 aromatic heterocycles. The predicted octanol–water partition coefficient (Wildman–Crippen LogP) is 6.91. The lowest BCUT2D eigenvalue weighted by Crippen LogP contribution is -2.58. The van der Waals surface area contributed by atoms with Crippen LogP contribution < -0.4 is 20.4 Å². The fraction of sp³-hybridized carbons (Fsp3) is 0.111. The summed E-state index contributed by atoms with van der Waals surface area (Å²) < 4.78 is 0. The molecule has 7 rings (SSSR count). The van der Waals surface area contributed by atoms with Crippen LogP contribution in [0, 0.1) is 0 Å². The van der Waals surface area contributed by atoms with Crippen molar-refractivity contribution in [1.29, 1.82) is 0 Å². The molecule has 0 aliphatic carbocycles. The fourth-order valence-corrected chi connectivity index (χ4v) is 5.68. The summed E-state index contributed by atoms with van der Waals surface area (Å²) in [7, 11) is 0. The zero-order chi connectivity index (χ0) is 21.2. The molecule has 0 amide bonds. The lowest BCUT2D eigenvalue weighted by molar-refractivity contribution is 0.432. The molecule has 3 aliphatic heterocycles. The van der Waals surface area contributed by atoms with Crippen molar-refractivity contribution >= 4 is 34.4 Å². The summed E-state index contributed by atoms with van der Waals surface area (Å²) >= 11 is 6.59. The molecule has 3 atom stereocenters. The molecule has 0 fully saturated rings. The van der Waals surface area contributed by atoms with Gasteiger partial charge in [-0.1, -0.05) is 78.3 Å². The summed E-state index contributed by atoms with van der Waals surface area (Å²) in [5, 5.41) is 8.32. The molecule has 4 aromatic rings. The Morgan fingerprint density at radius 3 is 2.09 bits per heavy atom. The van der Waals surface area contributed by atoms with Gasteiger partial charge in [0.2, 0.25) is 0 Å². The third-order valence-corrected chi connectivity index (χ3v) is 7.13. The Morgan fingerprint density at radius 1 is 0.656 bits per heavy atom. The van der Waals surface area contributed by atoms with Crippen molar-refractivity contribution in [3.63, 3.8) is 0 Å². The van der Waals surface area contributed by atoms with Gasteiger partial charge in [-0.25, -0.2) is 0 Å². The van der Waals surface area contributed by atoms with Gasteiger partial charge in [-0.15, -0.1) is 0 Å². The van der Waals surface area contributed by atoms with Gasteiger partial charge in [-0.05, 0) is 30.3 Å². The second-order valence-electron chi connectivity index (χ2n) is 8.47. The van der Waals surface area contributed by atoms with Crippen LogP contribution in [0.2, 0.25) is 5.02 Å². The molecule has 2 N–H and O–H groups in total. The van der Waals surface area contributed by atoms with Crippen LogP contribution in [-0.2, 0) is 0 Å². The van der Waals surface area contributed by atoms with E-state index in [0.717, 1.165) is 10.7 Å². The maximum Gasteiger partial charge on any atom is 0.134 e. The quantitative estimate of drug-likeness (QED) is 0.357. The average Bonchev–Trinajstić information content (AvgIpc) is 2.84. The van der Waals surface area contributed by atoms with Crippen molar-refractivity contribution in [2.45, 2.75) is 18.5 Å². The first-order valence-corrected chi connectivity index (χ1v) is 11.3. The highest BCUT2D eigenvalue weighted by atomic mass is 35.5. The Labute approximate surface area is 192 Å². The van der Waals surface area contributed by atoms with E-state index in [0.29, 0.717) is 0 Å². The number of hydrogen-bond donors (Lipinski definition) is 2. The summed E-state index contributed by atoms with van der Waals surface area (Å²) in [5.41, 5.74) is 8.39. The molecule has 4 aromatic carbocycles. The predicted molar refractivity (Wildman–Crippen MR) is 131 cm³/mol. The number of para-hydroxylation sites is 4. The van der Waals surface area contributed by atoms with Crippen LogP contribution in [0.4, 0.5) is 22.7 Å². The minimum Gasteiger partial charge on any atom is -0.361 e. The van der Waals surface area contributed by atoms with Crippen LogP contribution in [-0.4, -0.2) is 0 Å². The van der Waals surface area contributed by atoms with Gasteiger partial charge in [0.1, 0.15) is 18.5 Å². The number of anilines is 4. The first kappa shape index (κ1) is 18.0. The highest BCUT2D eigenvalue weighted by Crippen LogP contribution is 2.58. The summed E-state index contributed by atoms with van der Waals surface area (Å²) in [5.74, 6) is 0. The first-order valence-electron chi connectivity index (χ1n) is 10.9. The highest BCUT2D eigenvalue weighted by molar-refractivity contribution is 6.33. The number of nitrogens with zero attached hydrogens (tertiary/aromatic N) is 2. The maximum atomic E-state index is 6.59. The van der Waals surface area contributed by atoms with E-state index in [1.54, 1.807) is 0 Å². The first-order chi connectivity index (χ1) is 15.8. The van der Waals surface area contributed by atoms with E-state index in [4.69, 9.17) is 11.6 Å². The number of nitrogens with one attached hydrogen (secondary N) is 2. The van der Waals surface area contributed by atoms with Crippen molar-refractivity contribution < 1.29 is 0 Å². The van der Waals surface area contributed by atoms with Gasteiger partial charge < -0.3 is 20.4 Å². The molecule has 3 heterocycles. The molecule has 3 aliphatic rings. The Bertz CT molecular complexity index is 1350. The number of halogens is 1. The molecule has 156 valence electrons. The minimum atomic E-state index is -0.0689. The minimum absolute atomic E-state index is 0.0689. The molecule has 0 saturated heterocycles. The number of benzene rings is 4. The highest BCUT2D eigenvalue weighted by Gasteiger charge is 2.50. The van der Waals surface area contributed by atoms with Crippen molar-refractivity contribution in [3.05, 3.63) is 119 Å². The van der Waals surface area contributed by atoms with E-state index in [2.05, 4.69) is 93.2 Å². The van der Waals surface area contributed by atoms with Gasteiger partial charge in [0.15, 0.2) is 0 Å². The second-order valence-corrected chi connectivity index (χ2v) is 8.87. The van der Waals surface area contributed by atoms with E-state index in [9.17, 15) is 0 Å². The van der Waals surface area contributed by atoms with Gasteiger partial charge in [0.25, 0.3) is 0 Å². The van der Waals surface area contributed by atoms with Gasteiger partial charge in [-0.3, -0.25) is 0 Å². The standard InChI is InChI=1S/C27H21ClN4/c28-20-12-4-6-14-22(20)30-26-19-11-3-8-16-24(19)31-25-18-10-2-7-15-23(18)32(26)27(31)17-9-1-5-13-21(17)29-25/h1-16,25-27,29-30H/t25-,26+,27-/m1/s1. The summed E-state index contributed by atoms with van der Waals surface area (Å²) in [6.07, 6.45) is 0.0765. The molecule has 0 unspecified atom stereocenters. The number of fused-ring (bicyclic) bond motifs is 5. The lowest BCUT2D eigenvalue weighted by Gasteiger charge is -2.60. The molecule has 4 bridgehead atoms. The summed E-state index contributed by atoms with van der Waals surface area (Å²) in [6, 6.07) is 34.0. The summed E-state index contributed by atoms with van der Waals surface area (Å²) in [4.78, 5) is 5.03. The fourth-order valence-electron chi connectivity index (χ4n) is 5.49. The Morgan fingerprint density at radius 2 is 1.28 bits per heavy atom. The smallest absolute Gasteiger partial charge is 0.134 e. The average molecular weight is 437 g/mol. The van der Waals surface area contributed by atoms with Crippen molar-refractivity contribution in [3.8, 4) is 0 Å². The van der Waals surface area contributed by atoms with Gasteiger partial charge in [0.05, 0.1) is 10.7 Å². The van der Waals surface area contributed by atoms with E-state index in [1.165, 1.54) is 33.8 Å². The van der Waals surface area contributed by atoms with Gasteiger partial charge >= 0.3 is 0 Å². The number of hydrogen-bond acceptors (Lipinski definition) is 4. The SMILES string of the molecule is Clc1ccccc1N[C@@H]1c2ccccc2N2[C@H]3c4ccccc4N[C@H]2c2ccccc2N31. The van der Waals surface area contributed by atoms with Crippen LogP contribution >= 0.6 is 11.6 Å². The van der Waals surface area contributed by atoms with Crippen LogP contribution in [0.3, 0.4) is 0 Å². The lowest BCUT2D eigenvalue weighted by atomic mass is 9.88. The topological polar surface area (TPSA) is 30.5 Å². The van der Waals surface area contributed by atoms with E-state index in [-0.39, 0.29) is 18.5 Å². The van der Waals surface area contributed by atoms with Crippen molar-refractivity contribution in [1.82, 2.24) is 0 Å². The summed E-state index contributed by atoms with van der Waals surface area (Å²) in [6.45, 7) is 0. The van der Waals surface area contributed by atoms with Gasteiger partial charge in [0, 0.05) is 33.8 Å². The van der Waals surface area contributed by atoms with Crippen molar-refractivity contribution in [2.75, 3.05) is 20.4 Å². The zero-order valence-corrected chi connectivity index (χ0v) is 18.0. The molecule has 0 spiro atoms. The molecule has 0 radical (unpaired) electrons. The molecule has 4 nitrogen and oxygen atoms in total. The zero-order valence-electron chi connectivity index (χ0n) is 17.2. The van der Waals surface area contributed by atoms with E-state index in [1.807, 2.05) is 24.3 Å². The van der Waals surface area contributed by atoms with Crippen LogP contribution in [0.5, 0.6) is 0 Å².